The largest absolute Gasteiger partial charge is 0.445 e. The van der Waals surface area contributed by atoms with Gasteiger partial charge in [0.2, 0.25) is 5.91 Å². The molecule has 150 valence electrons. The van der Waals surface area contributed by atoms with Crippen LogP contribution in [0.3, 0.4) is 0 Å². The van der Waals surface area contributed by atoms with Crippen molar-refractivity contribution in [1.82, 2.24) is 24.8 Å². The third-order valence-electron chi connectivity index (χ3n) is 5.09. The summed E-state index contributed by atoms with van der Waals surface area (Å²) in [5.41, 5.74) is 1.64. The molecule has 1 aliphatic heterocycles. The minimum atomic E-state index is -0.696. The maximum Gasteiger partial charge on any atom is 0.408 e. The van der Waals surface area contributed by atoms with Crippen molar-refractivity contribution >= 4 is 17.6 Å². The molecule has 0 saturated carbocycles. The number of carbonyl (C=O) groups excluding carboxylic acids is 2. The maximum absolute atomic E-state index is 13.0. The van der Waals surface area contributed by atoms with Gasteiger partial charge in [0.15, 0.2) is 11.5 Å². The van der Waals surface area contributed by atoms with Crippen LogP contribution in [-0.2, 0) is 16.1 Å². The molecule has 1 aromatic carbocycles. The SMILES string of the molecule is C[C@@H](NC(=O)OCc1ccccc1)C(=O)N1CCC[C@@H]1c1nnc2ccccn12. The highest BCUT2D eigenvalue weighted by Gasteiger charge is 2.35. The average Bonchev–Trinajstić information content (AvgIpc) is 3.39. The number of benzene rings is 1. The third kappa shape index (κ3) is 4.06. The van der Waals surface area contributed by atoms with E-state index in [1.165, 1.54) is 0 Å². The van der Waals surface area contributed by atoms with Gasteiger partial charge in [-0.1, -0.05) is 36.4 Å². The number of aromatic nitrogens is 3. The molecule has 4 rings (SSSR count). The highest BCUT2D eigenvalue weighted by atomic mass is 16.5. The fourth-order valence-electron chi connectivity index (χ4n) is 3.64. The highest BCUT2D eigenvalue weighted by Crippen LogP contribution is 2.31. The molecular formula is C21H23N5O3. The maximum atomic E-state index is 13.0. The molecule has 8 heteroatoms. The number of pyridine rings is 1. The molecule has 2 aromatic heterocycles. The summed E-state index contributed by atoms with van der Waals surface area (Å²) in [6.45, 7) is 2.45. The Kier molecular flexibility index (Phi) is 5.41. The molecule has 0 spiro atoms. The Morgan fingerprint density at radius 3 is 2.79 bits per heavy atom. The number of rotatable bonds is 5. The third-order valence-corrected chi connectivity index (χ3v) is 5.09. The standard InChI is InChI=1S/C21H23N5O3/c1-15(22-21(28)29-14-16-8-3-2-4-9-16)20(27)25-13-7-10-17(25)19-24-23-18-11-5-6-12-26(18)19/h2-6,8-9,11-12,15,17H,7,10,13-14H2,1H3,(H,22,28)/t15-,17-/m1/s1. The number of alkyl carbamates (subject to hydrolysis) is 1. The van der Waals surface area contributed by atoms with Gasteiger partial charge in [-0.05, 0) is 37.5 Å². The predicted molar refractivity (Wildman–Crippen MR) is 106 cm³/mol. The lowest BCUT2D eigenvalue weighted by molar-refractivity contribution is -0.134. The van der Waals surface area contributed by atoms with Crippen molar-refractivity contribution in [2.75, 3.05) is 6.54 Å². The Morgan fingerprint density at radius 2 is 1.97 bits per heavy atom. The van der Waals surface area contributed by atoms with E-state index in [0.717, 1.165) is 29.9 Å². The van der Waals surface area contributed by atoms with E-state index in [1.807, 2.05) is 59.1 Å². The molecule has 1 aliphatic rings. The van der Waals surface area contributed by atoms with Gasteiger partial charge in [-0.15, -0.1) is 10.2 Å². The molecule has 3 aromatic rings. The van der Waals surface area contributed by atoms with Crippen molar-refractivity contribution in [3.63, 3.8) is 0 Å². The van der Waals surface area contributed by atoms with Gasteiger partial charge in [-0.3, -0.25) is 9.20 Å². The van der Waals surface area contributed by atoms with Crippen LogP contribution in [0.25, 0.3) is 5.65 Å². The van der Waals surface area contributed by atoms with Crippen molar-refractivity contribution in [3.05, 3.63) is 66.1 Å². The van der Waals surface area contributed by atoms with Crippen molar-refractivity contribution in [2.45, 2.75) is 38.5 Å². The number of ether oxygens (including phenoxy) is 1. The first-order valence-corrected chi connectivity index (χ1v) is 9.71. The molecule has 1 N–H and O–H groups in total. The lowest BCUT2D eigenvalue weighted by Gasteiger charge is -2.26. The van der Waals surface area contributed by atoms with Gasteiger partial charge in [0, 0.05) is 12.7 Å². The molecule has 8 nitrogen and oxygen atoms in total. The number of amides is 2. The van der Waals surface area contributed by atoms with Crippen LogP contribution in [0.2, 0.25) is 0 Å². The van der Waals surface area contributed by atoms with Crippen molar-refractivity contribution in [1.29, 1.82) is 0 Å². The van der Waals surface area contributed by atoms with Crippen molar-refractivity contribution in [3.8, 4) is 0 Å². The molecule has 1 saturated heterocycles. The van der Waals surface area contributed by atoms with Crippen LogP contribution < -0.4 is 5.32 Å². The van der Waals surface area contributed by atoms with Crippen molar-refractivity contribution in [2.24, 2.45) is 0 Å². The smallest absolute Gasteiger partial charge is 0.408 e. The van der Waals surface area contributed by atoms with E-state index in [4.69, 9.17) is 4.74 Å². The van der Waals surface area contributed by atoms with Gasteiger partial charge < -0.3 is 15.0 Å². The van der Waals surface area contributed by atoms with E-state index in [2.05, 4.69) is 15.5 Å². The van der Waals surface area contributed by atoms with Crippen LogP contribution in [0, 0.1) is 0 Å². The lowest BCUT2D eigenvalue weighted by atomic mass is 10.2. The zero-order valence-corrected chi connectivity index (χ0v) is 16.2. The molecule has 2 amide bonds. The summed E-state index contributed by atoms with van der Waals surface area (Å²) >= 11 is 0. The van der Waals surface area contributed by atoms with E-state index >= 15 is 0 Å². The summed E-state index contributed by atoms with van der Waals surface area (Å²) in [5, 5.41) is 11.1. The molecule has 0 aliphatic carbocycles. The number of hydrogen-bond acceptors (Lipinski definition) is 5. The van der Waals surface area contributed by atoms with Crippen LogP contribution in [0.15, 0.2) is 54.7 Å². The fraction of sp³-hybridized carbons (Fsp3) is 0.333. The summed E-state index contributed by atoms with van der Waals surface area (Å²) in [6, 6.07) is 14.2. The number of carbonyl (C=O) groups is 2. The first-order valence-electron chi connectivity index (χ1n) is 9.71. The minimum absolute atomic E-state index is 0.156. The molecule has 0 radical (unpaired) electrons. The summed E-state index contributed by atoms with van der Waals surface area (Å²) < 4.78 is 7.13. The first kappa shape index (κ1) is 18.9. The Balaban J connectivity index is 1.39. The Morgan fingerprint density at radius 1 is 1.17 bits per heavy atom. The fourth-order valence-corrected chi connectivity index (χ4v) is 3.64. The highest BCUT2D eigenvalue weighted by molar-refractivity contribution is 5.85. The number of nitrogens with one attached hydrogen (secondary N) is 1. The topological polar surface area (TPSA) is 88.8 Å². The molecular weight excluding hydrogens is 370 g/mol. The summed E-state index contributed by atoms with van der Waals surface area (Å²) in [7, 11) is 0. The first-order chi connectivity index (χ1) is 14.1. The second-order valence-corrected chi connectivity index (χ2v) is 7.10. The van der Waals surface area contributed by atoms with E-state index in [0.29, 0.717) is 6.54 Å². The van der Waals surface area contributed by atoms with E-state index < -0.39 is 12.1 Å². The van der Waals surface area contributed by atoms with Crippen LogP contribution in [0.5, 0.6) is 0 Å². The zero-order valence-electron chi connectivity index (χ0n) is 16.2. The summed E-state index contributed by atoms with van der Waals surface area (Å²) in [6.07, 6.45) is 2.97. The predicted octanol–water partition coefficient (Wildman–Crippen LogP) is 2.71. The van der Waals surface area contributed by atoms with E-state index in [9.17, 15) is 9.59 Å². The van der Waals surface area contributed by atoms with Crippen LogP contribution in [0.4, 0.5) is 4.79 Å². The monoisotopic (exact) mass is 393 g/mol. The van der Waals surface area contributed by atoms with Gasteiger partial charge in [-0.25, -0.2) is 4.79 Å². The summed E-state index contributed by atoms with van der Waals surface area (Å²) in [5.74, 6) is 0.585. The zero-order chi connectivity index (χ0) is 20.2. The quantitative estimate of drug-likeness (QED) is 0.720. The van der Waals surface area contributed by atoms with E-state index in [1.54, 1.807) is 11.8 Å². The lowest BCUT2D eigenvalue weighted by Crippen LogP contribution is -2.47. The normalized spacial score (nSPS) is 17.3. The number of likely N-dealkylation sites (tertiary alicyclic amines) is 1. The minimum Gasteiger partial charge on any atom is -0.445 e. The number of fused-ring (bicyclic) bond motifs is 1. The van der Waals surface area contributed by atoms with Gasteiger partial charge in [0.25, 0.3) is 0 Å². The van der Waals surface area contributed by atoms with Gasteiger partial charge in [0.1, 0.15) is 12.6 Å². The summed E-state index contributed by atoms with van der Waals surface area (Å²) in [4.78, 5) is 26.9. The second kappa shape index (κ2) is 8.30. The average molecular weight is 393 g/mol. The van der Waals surface area contributed by atoms with Crippen molar-refractivity contribution < 1.29 is 14.3 Å². The van der Waals surface area contributed by atoms with E-state index in [-0.39, 0.29) is 18.6 Å². The molecule has 2 atom stereocenters. The van der Waals surface area contributed by atoms with Gasteiger partial charge in [-0.2, -0.15) is 0 Å². The Hall–Kier alpha value is -3.42. The molecule has 0 unspecified atom stereocenters. The number of hydrogen-bond donors (Lipinski definition) is 1. The van der Waals surface area contributed by atoms with Gasteiger partial charge >= 0.3 is 6.09 Å². The molecule has 3 heterocycles. The molecule has 0 bridgehead atoms. The Bertz CT molecular complexity index is 1000. The van der Waals surface area contributed by atoms with Crippen LogP contribution in [0.1, 0.15) is 37.2 Å². The van der Waals surface area contributed by atoms with Crippen LogP contribution >= 0.6 is 0 Å². The van der Waals surface area contributed by atoms with Gasteiger partial charge in [0.05, 0.1) is 6.04 Å². The van der Waals surface area contributed by atoms with Crippen LogP contribution in [-0.4, -0.2) is 44.1 Å². The number of nitrogens with zero attached hydrogens (tertiary/aromatic N) is 4. The second-order valence-electron chi connectivity index (χ2n) is 7.10. The molecule has 1 fully saturated rings. The molecule has 29 heavy (non-hydrogen) atoms. The Labute approximate surface area is 168 Å².